The molecule has 0 N–H and O–H groups in total. The van der Waals surface area contributed by atoms with Crippen molar-refractivity contribution >= 4 is 0 Å². The molecule has 0 aromatic carbocycles. The van der Waals surface area contributed by atoms with Crippen molar-refractivity contribution in [2.24, 2.45) is 11.8 Å². The van der Waals surface area contributed by atoms with Crippen LogP contribution in [0, 0.1) is 11.8 Å². The summed E-state index contributed by atoms with van der Waals surface area (Å²) >= 11 is 0. The third-order valence-electron chi connectivity index (χ3n) is 2.27. The highest BCUT2D eigenvalue weighted by molar-refractivity contribution is 4.90. The minimum Gasteiger partial charge on any atom is -0.171 e. The molecular formula is C8H13F3. The van der Waals surface area contributed by atoms with Gasteiger partial charge >= 0.3 is 6.18 Å². The van der Waals surface area contributed by atoms with E-state index in [0.29, 0.717) is 6.42 Å². The molecule has 0 nitrogen and oxygen atoms in total. The second-order valence-electron chi connectivity index (χ2n) is 3.29. The Hall–Kier alpha value is -0.210. The Morgan fingerprint density at radius 3 is 2.36 bits per heavy atom. The molecule has 11 heavy (non-hydrogen) atoms. The van der Waals surface area contributed by atoms with Crippen molar-refractivity contribution in [2.75, 3.05) is 0 Å². The van der Waals surface area contributed by atoms with Crippen LogP contribution in [0.25, 0.3) is 0 Å². The summed E-state index contributed by atoms with van der Waals surface area (Å²) in [6.07, 6.45) is -0.832. The van der Waals surface area contributed by atoms with Crippen molar-refractivity contribution in [3.63, 3.8) is 0 Å². The van der Waals surface area contributed by atoms with Crippen LogP contribution in [0.4, 0.5) is 13.2 Å². The van der Waals surface area contributed by atoms with Gasteiger partial charge < -0.3 is 0 Å². The summed E-state index contributed by atoms with van der Waals surface area (Å²) in [5.41, 5.74) is 0. The first kappa shape index (κ1) is 8.88. The zero-order valence-corrected chi connectivity index (χ0v) is 6.62. The van der Waals surface area contributed by atoms with Crippen LogP contribution < -0.4 is 0 Å². The van der Waals surface area contributed by atoms with Crippen molar-refractivity contribution in [1.29, 1.82) is 0 Å². The first-order chi connectivity index (χ1) is 5.05. The van der Waals surface area contributed by atoms with E-state index in [1.54, 1.807) is 0 Å². The Bertz CT molecular complexity index is 128. The van der Waals surface area contributed by atoms with Crippen LogP contribution in [0.5, 0.6) is 0 Å². The lowest BCUT2D eigenvalue weighted by Crippen LogP contribution is -2.11. The van der Waals surface area contributed by atoms with Crippen LogP contribution in [0.1, 0.15) is 32.6 Å². The maximum absolute atomic E-state index is 11.9. The normalized spacial score (nSPS) is 30.5. The van der Waals surface area contributed by atoms with Crippen molar-refractivity contribution in [2.45, 2.75) is 38.8 Å². The highest BCUT2D eigenvalue weighted by atomic mass is 19.4. The second-order valence-corrected chi connectivity index (χ2v) is 3.29. The Balaban J connectivity index is 2.16. The van der Waals surface area contributed by atoms with Gasteiger partial charge in [0.1, 0.15) is 0 Å². The molecule has 1 rings (SSSR count). The van der Waals surface area contributed by atoms with E-state index in [9.17, 15) is 13.2 Å². The van der Waals surface area contributed by atoms with Gasteiger partial charge in [-0.05, 0) is 18.8 Å². The molecule has 1 unspecified atom stereocenters. The lowest BCUT2D eigenvalue weighted by atomic mass is 10.1. The van der Waals surface area contributed by atoms with Gasteiger partial charge in [-0.15, -0.1) is 0 Å². The fourth-order valence-electron chi connectivity index (χ4n) is 1.43. The fraction of sp³-hybridized carbons (Fsp3) is 1.00. The first-order valence-corrected chi connectivity index (χ1v) is 4.12. The van der Waals surface area contributed by atoms with Gasteiger partial charge in [0.15, 0.2) is 0 Å². The maximum Gasteiger partial charge on any atom is 0.392 e. The van der Waals surface area contributed by atoms with Crippen LogP contribution in [-0.2, 0) is 0 Å². The first-order valence-electron chi connectivity index (χ1n) is 4.12. The predicted octanol–water partition coefficient (Wildman–Crippen LogP) is 3.38. The number of unbranched alkanes of at least 4 members (excludes halogenated alkanes) is 1. The highest BCUT2D eigenvalue weighted by Crippen LogP contribution is 2.52. The van der Waals surface area contributed by atoms with Gasteiger partial charge in [-0.2, -0.15) is 13.2 Å². The molecule has 0 heterocycles. The molecule has 0 spiro atoms. The van der Waals surface area contributed by atoms with Crippen molar-refractivity contribution in [3.8, 4) is 0 Å². The molecule has 0 bridgehead atoms. The second kappa shape index (κ2) is 3.03. The molecule has 0 saturated heterocycles. The fourth-order valence-corrected chi connectivity index (χ4v) is 1.43. The molecule has 0 aromatic rings. The number of rotatable bonds is 3. The Morgan fingerprint density at radius 2 is 2.00 bits per heavy atom. The van der Waals surface area contributed by atoms with Gasteiger partial charge in [0.2, 0.25) is 0 Å². The van der Waals surface area contributed by atoms with E-state index < -0.39 is 12.1 Å². The van der Waals surface area contributed by atoms with E-state index in [-0.39, 0.29) is 5.92 Å². The number of alkyl halides is 3. The van der Waals surface area contributed by atoms with Crippen LogP contribution in [0.2, 0.25) is 0 Å². The van der Waals surface area contributed by atoms with Crippen molar-refractivity contribution < 1.29 is 13.2 Å². The Morgan fingerprint density at radius 1 is 1.36 bits per heavy atom. The van der Waals surface area contributed by atoms with Crippen LogP contribution in [-0.4, -0.2) is 6.18 Å². The quantitative estimate of drug-likeness (QED) is 0.603. The van der Waals surface area contributed by atoms with Gasteiger partial charge in [0, 0.05) is 0 Å². The number of hydrogen-bond acceptors (Lipinski definition) is 0. The highest BCUT2D eigenvalue weighted by Gasteiger charge is 2.54. The minimum absolute atomic E-state index is 0.0463. The van der Waals surface area contributed by atoms with Gasteiger partial charge in [-0.3, -0.25) is 0 Å². The molecule has 2 atom stereocenters. The van der Waals surface area contributed by atoms with Crippen LogP contribution in [0.3, 0.4) is 0 Å². The molecule has 0 radical (unpaired) electrons. The molecule has 1 aliphatic rings. The van der Waals surface area contributed by atoms with Crippen molar-refractivity contribution in [1.82, 2.24) is 0 Å². The molecule has 3 heteroatoms. The van der Waals surface area contributed by atoms with Gasteiger partial charge in [0.25, 0.3) is 0 Å². The van der Waals surface area contributed by atoms with E-state index in [1.807, 2.05) is 6.92 Å². The monoisotopic (exact) mass is 166 g/mol. The van der Waals surface area contributed by atoms with Crippen LogP contribution in [0.15, 0.2) is 0 Å². The molecular weight excluding hydrogens is 153 g/mol. The Kier molecular flexibility index (Phi) is 2.45. The standard InChI is InChI=1S/C8H13F3/c1-2-3-4-6-5-7(6)8(9,10)11/h6-7H,2-5H2,1H3/t6-,7?/m1/s1. The average molecular weight is 166 g/mol. The average Bonchev–Trinajstić information content (AvgIpc) is 2.60. The summed E-state index contributed by atoms with van der Waals surface area (Å²) in [6, 6.07) is 0. The number of hydrogen-bond donors (Lipinski definition) is 0. The van der Waals surface area contributed by atoms with Gasteiger partial charge in [0.05, 0.1) is 5.92 Å². The van der Waals surface area contributed by atoms with Crippen LogP contribution >= 0.6 is 0 Å². The summed E-state index contributed by atoms with van der Waals surface area (Å²) in [6.45, 7) is 2.00. The molecule has 0 amide bonds. The van der Waals surface area contributed by atoms with E-state index >= 15 is 0 Å². The van der Waals surface area contributed by atoms with E-state index in [4.69, 9.17) is 0 Å². The predicted molar refractivity (Wildman–Crippen MR) is 37.2 cm³/mol. The van der Waals surface area contributed by atoms with Crippen molar-refractivity contribution in [3.05, 3.63) is 0 Å². The molecule has 0 aliphatic heterocycles. The zero-order chi connectivity index (χ0) is 8.48. The lowest BCUT2D eigenvalue weighted by Gasteiger charge is -2.03. The SMILES string of the molecule is CCCC[C@@H]1CC1C(F)(F)F. The molecule has 1 saturated carbocycles. The molecule has 1 aliphatic carbocycles. The smallest absolute Gasteiger partial charge is 0.171 e. The minimum atomic E-state index is -3.92. The lowest BCUT2D eigenvalue weighted by molar-refractivity contribution is -0.151. The summed E-state index contributed by atoms with van der Waals surface area (Å²) < 4.78 is 35.8. The maximum atomic E-state index is 11.9. The zero-order valence-electron chi connectivity index (χ0n) is 6.62. The summed E-state index contributed by atoms with van der Waals surface area (Å²) in [5.74, 6) is -1.01. The Labute approximate surface area is 64.8 Å². The molecule has 1 fully saturated rings. The third-order valence-corrected chi connectivity index (χ3v) is 2.27. The van der Waals surface area contributed by atoms with Gasteiger partial charge in [-0.1, -0.05) is 19.8 Å². The van der Waals surface area contributed by atoms with E-state index in [0.717, 1.165) is 19.3 Å². The van der Waals surface area contributed by atoms with Gasteiger partial charge in [-0.25, -0.2) is 0 Å². The van der Waals surface area contributed by atoms with E-state index in [1.165, 1.54) is 0 Å². The largest absolute Gasteiger partial charge is 0.392 e. The third kappa shape index (κ3) is 2.38. The van der Waals surface area contributed by atoms with E-state index in [2.05, 4.69) is 0 Å². The topological polar surface area (TPSA) is 0 Å². The summed E-state index contributed by atoms with van der Waals surface area (Å²) in [4.78, 5) is 0. The summed E-state index contributed by atoms with van der Waals surface area (Å²) in [7, 11) is 0. The molecule has 66 valence electrons. The molecule has 0 aromatic heterocycles. The number of halogens is 3. The summed E-state index contributed by atoms with van der Waals surface area (Å²) in [5, 5.41) is 0.